The molecule has 110 valence electrons. The standard InChI is InChI=1S/C16H17BrN2O2/c1-9-6-12(17)15(13(18)7-9)19-16(20)11-5-4-10(2)14(8-11)21-3/h4-8H,18H2,1-3H3,(H,19,20). The minimum Gasteiger partial charge on any atom is -0.496 e. The lowest BCUT2D eigenvalue weighted by Crippen LogP contribution is -2.14. The number of nitrogens with one attached hydrogen (secondary N) is 1. The second-order valence-electron chi connectivity index (χ2n) is 4.85. The van der Waals surface area contributed by atoms with Gasteiger partial charge in [0.1, 0.15) is 5.75 Å². The van der Waals surface area contributed by atoms with Gasteiger partial charge in [0, 0.05) is 10.0 Å². The van der Waals surface area contributed by atoms with Crippen molar-refractivity contribution in [3.05, 3.63) is 51.5 Å². The van der Waals surface area contributed by atoms with E-state index in [1.807, 2.05) is 32.0 Å². The van der Waals surface area contributed by atoms with Crippen molar-refractivity contribution >= 4 is 33.2 Å². The average Bonchev–Trinajstić information content (AvgIpc) is 2.43. The summed E-state index contributed by atoms with van der Waals surface area (Å²) >= 11 is 3.42. The minimum atomic E-state index is -0.232. The third kappa shape index (κ3) is 3.36. The molecule has 0 aliphatic rings. The summed E-state index contributed by atoms with van der Waals surface area (Å²) in [4.78, 5) is 12.3. The van der Waals surface area contributed by atoms with Crippen LogP contribution in [0.2, 0.25) is 0 Å². The normalized spacial score (nSPS) is 10.3. The highest BCUT2D eigenvalue weighted by molar-refractivity contribution is 9.10. The third-order valence-corrected chi connectivity index (χ3v) is 3.80. The number of carbonyl (C=O) groups excluding carboxylic acids is 1. The van der Waals surface area contributed by atoms with Gasteiger partial charge in [0.15, 0.2) is 0 Å². The number of nitrogens with two attached hydrogens (primary N) is 1. The number of nitrogen functional groups attached to an aromatic ring is 1. The van der Waals surface area contributed by atoms with Crippen molar-refractivity contribution in [1.29, 1.82) is 0 Å². The maximum absolute atomic E-state index is 12.3. The Morgan fingerprint density at radius 2 is 1.95 bits per heavy atom. The van der Waals surface area contributed by atoms with E-state index in [9.17, 15) is 4.79 Å². The van der Waals surface area contributed by atoms with Crippen LogP contribution in [0.25, 0.3) is 0 Å². The SMILES string of the molecule is COc1cc(C(=O)Nc2c(N)cc(C)cc2Br)ccc1C. The molecule has 0 bridgehead atoms. The molecule has 0 aliphatic heterocycles. The van der Waals surface area contributed by atoms with Gasteiger partial charge in [-0.2, -0.15) is 0 Å². The van der Waals surface area contributed by atoms with E-state index >= 15 is 0 Å². The molecule has 2 aromatic carbocycles. The predicted molar refractivity (Wildman–Crippen MR) is 89.0 cm³/mol. The van der Waals surface area contributed by atoms with Crippen LogP contribution in [-0.2, 0) is 0 Å². The summed E-state index contributed by atoms with van der Waals surface area (Å²) in [5.41, 5.74) is 9.57. The lowest BCUT2D eigenvalue weighted by atomic mass is 10.1. The minimum absolute atomic E-state index is 0.232. The van der Waals surface area contributed by atoms with Gasteiger partial charge in [-0.15, -0.1) is 0 Å². The molecule has 0 heterocycles. The first-order chi connectivity index (χ1) is 9.92. The lowest BCUT2D eigenvalue weighted by Gasteiger charge is -2.12. The Morgan fingerprint density at radius 3 is 2.57 bits per heavy atom. The Morgan fingerprint density at radius 1 is 1.24 bits per heavy atom. The number of benzene rings is 2. The molecule has 0 aromatic heterocycles. The zero-order valence-electron chi connectivity index (χ0n) is 12.2. The first-order valence-electron chi connectivity index (χ1n) is 6.44. The number of anilines is 2. The van der Waals surface area contributed by atoms with E-state index in [0.29, 0.717) is 22.7 Å². The molecule has 2 rings (SSSR count). The third-order valence-electron chi connectivity index (χ3n) is 3.17. The Balaban J connectivity index is 2.30. The quantitative estimate of drug-likeness (QED) is 0.826. The van der Waals surface area contributed by atoms with Crippen molar-refractivity contribution in [3.63, 3.8) is 0 Å². The molecule has 1 amide bonds. The van der Waals surface area contributed by atoms with Crippen molar-refractivity contribution in [3.8, 4) is 5.75 Å². The van der Waals surface area contributed by atoms with Crippen LogP contribution < -0.4 is 15.8 Å². The number of hydrogen-bond acceptors (Lipinski definition) is 3. The highest BCUT2D eigenvalue weighted by atomic mass is 79.9. The molecule has 3 N–H and O–H groups in total. The van der Waals surface area contributed by atoms with Gasteiger partial charge in [0.2, 0.25) is 0 Å². The number of rotatable bonds is 3. The van der Waals surface area contributed by atoms with E-state index in [1.165, 1.54) is 0 Å². The summed E-state index contributed by atoms with van der Waals surface area (Å²) in [5, 5.41) is 2.83. The first-order valence-corrected chi connectivity index (χ1v) is 7.23. The van der Waals surface area contributed by atoms with Crippen molar-refractivity contribution in [1.82, 2.24) is 0 Å². The molecule has 0 atom stereocenters. The molecule has 0 fully saturated rings. The van der Waals surface area contributed by atoms with Crippen molar-refractivity contribution < 1.29 is 9.53 Å². The Hall–Kier alpha value is -2.01. The summed E-state index contributed by atoms with van der Waals surface area (Å²) < 4.78 is 5.99. The number of hydrogen-bond donors (Lipinski definition) is 2. The molecule has 2 aromatic rings. The van der Waals surface area contributed by atoms with Crippen LogP contribution in [-0.4, -0.2) is 13.0 Å². The fourth-order valence-electron chi connectivity index (χ4n) is 2.05. The number of ether oxygens (including phenoxy) is 1. The van der Waals surface area contributed by atoms with Crippen LogP contribution in [0.4, 0.5) is 11.4 Å². The van der Waals surface area contributed by atoms with Crippen LogP contribution in [0.1, 0.15) is 21.5 Å². The van der Waals surface area contributed by atoms with Crippen molar-refractivity contribution in [2.75, 3.05) is 18.2 Å². The summed E-state index contributed by atoms with van der Waals surface area (Å²) in [6.45, 7) is 3.87. The van der Waals surface area contributed by atoms with Gasteiger partial charge in [-0.25, -0.2) is 0 Å². The maximum Gasteiger partial charge on any atom is 0.255 e. The molecule has 21 heavy (non-hydrogen) atoms. The zero-order valence-corrected chi connectivity index (χ0v) is 13.7. The largest absolute Gasteiger partial charge is 0.496 e. The average molecular weight is 349 g/mol. The molecule has 0 saturated heterocycles. The zero-order chi connectivity index (χ0) is 15.6. The number of halogens is 1. The lowest BCUT2D eigenvalue weighted by molar-refractivity contribution is 0.102. The highest BCUT2D eigenvalue weighted by Gasteiger charge is 2.13. The molecule has 0 unspecified atom stereocenters. The Kier molecular flexibility index (Phi) is 4.53. The van der Waals surface area contributed by atoms with Gasteiger partial charge in [-0.1, -0.05) is 6.07 Å². The van der Waals surface area contributed by atoms with Crippen LogP contribution in [0.3, 0.4) is 0 Å². The van der Waals surface area contributed by atoms with E-state index in [1.54, 1.807) is 19.2 Å². The maximum atomic E-state index is 12.3. The van der Waals surface area contributed by atoms with Crippen LogP contribution in [0.15, 0.2) is 34.8 Å². The first kappa shape index (κ1) is 15.4. The van der Waals surface area contributed by atoms with Gasteiger partial charge in [-0.05, 0) is 65.2 Å². The second kappa shape index (κ2) is 6.18. The monoisotopic (exact) mass is 348 g/mol. The smallest absolute Gasteiger partial charge is 0.255 e. The van der Waals surface area contributed by atoms with Crippen LogP contribution in [0, 0.1) is 13.8 Å². The van der Waals surface area contributed by atoms with E-state index < -0.39 is 0 Å². The van der Waals surface area contributed by atoms with E-state index in [4.69, 9.17) is 10.5 Å². The molecule has 0 spiro atoms. The number of amides is 1. The summed E-state index contributed by atoms with van der Waals surface area (Å²) in [6.07, 6.45) is 0. The van der Waals surface area contributed by atoms with Gasteiger partial charge in [0.25, 0.3) is 5.91 Å². The van der Waals surface area contributed by atoms with Gasteiger partial charge < -0.3 is 15.8 Å². The van der Waals surface area contributed by atoms with Crippen molar-refractivity contribution in [2.24, 2.45) is 0 Å². The van der Waals surface area contributed by atoms with Crippen LogP contribution in [0.5, 0.6) is 5.75 Å². The molecule has 0 saturated carbocycles. The topological polar surface area (TPSA) is 64.3 Å². The van der Waals surface area contributed by atoms with E-state index in [0.717, 1.165) is 15.6 Å². The van der Waals surface area contributed by atoms with Crippen molar-refractivity contribution in [2.45, 2.75) is 13.8 Å². The molecule has 0 aliphatic carbocycles. The summed E-state index contributed by atoms with van der Waals surface area (Å²) in [6, 6.07) is 9.04. The Bertz CT molecular complexity index is 676. The number of carbonyl (C=O) groups is 1. The van der Waals surface area contributed by atoms with Crippen LogP contribution >= 0.6 is 15.9 Å². The van der Waals surface area contributed by atoms with Gasteiger partial charge >= 0.3 is 0 Å². The summed E-state index contributed by atoms with van der Waals surface area (Å²) in [7, 11) is 1.58. The Labute approximate surface area is 132 Å². The predicted octanol–water partition coefficient (Wildman–Crippen LogP) is 3.91. The van der Waals surface area contributed by atoms with E-state index in [-0.39, 0.29) is 5.91 Å². The van der Waals surface area contributed by atoms with E-state index in [2.05, 4.69) is 21.2 Å². The highest BCUT2D eigenvalue weighted by Crippen LogP contribution is 2.31. The molecule has 5 heteroatoms. The second-order valence-corrected chi connectivity index (χ2v) is 5.70. The number of methoxy groups -OCH3 is 1. The van der Waals surface area contributed by atoms with Gasteiger partial charge in [-0.3, -0.25) is 4.79 Å². The molecular formula is C16H17BrN2O2. The summed E-state index contributed by atoms with van der Waals surface area (Å²) in [5.74, 6) is 0.447. The molecule has 4 nitrogen and oxygen atoms in total. The van der Waals surface area contributed by atoms with Gasteiger partial charge in [0.05, 0.1) is 18.5 Å². The fourth-order valence-corrected chi connectivity index (χ4v) is 2.74. The molecular weight excluding hydrogens is 332 g/mol. The fraction of sp³-hybridized carbons (Fsp3) is 0.188. The number of aryl methyl sites for hydroxylation is 2. The molecule has 0 radical (unpaired) electrons.